The lowest BCUT2D eigenvalue weighted by molar-refractivity contribution is 0.589. The van der Waals surface area contributed by atoms with Crippen molar-refractivity contribution in [3.63, 3.8) is 0 Å². The molecule has 0 heterocycles. The largest absolute Gasteiger partial charge is 0.156 e. The van der Waals surface area contributed by atoms with E-state index >= 15 is 0 Å². The van der Waals surface area contributed by atoms with E-state index in [2.05, 4.69) is 312 Å². The summed E-state index contributed by atoms with van der Waals surface area (Å²) in [4.78, 5) is 0. The third kappa shape index (κ3) is 11.1. The zero-order valence-electron chi connectivity index (χ0n) is 53.9. The number of hydrogen-bond donors (Lipinski definition) is 0. The minimum atomic E-state index is -1.98. The Morgan fingerprint density at radius 2 is 0.553 bits per heavy atom. The molecule has 11 aromatic rings. The Balaban J connectivity index is 1.37. The van der Waals surface area contributed by atoms with Crippen molar-refractivity contribution in [1.82, 2.24) is 0 Å². The zero-order chi connectivity index (χ0) is 60.4. The second-order valence-corrected chi connectivity index (χ2v) is 30.1. The van der Waals surface area contributed by atoms with E-state index in [1.165, 1.54) is 165 Å². The summed E-state index contributed by atoms with van der Waals surface area (Å²) in [6.45, 7) is 40.0. The fourth-order valence-corrected chi connectivity index (χ4v) is 17.7. The summed E-state index contributed by atoms with van der Waals surface area (Å²) in [6, 6.07) is 76.0. The topological polar surface area (TPSA) is 0 Å². The first-order valence-corrected chi connectivity index (χ1v) is 32.5. The van der Waals surface area contributed by atoms with Crippen LogP contribution < -0.4 is 15.6 Å². The van der Waals surface area contributed by atoms with Gasteiger partial charge in [0, 0.05) is 0 Å². The Morgan fingerprint density at radius 3 is 0.824 bits per heavy atom. The molecule has 0 aliphatic rings. The smallest absolute Gasteiger partial charge is 0.0617 e. The molecule has 1 radical (unpaired) electrons. The van der Waals surface area contributed by atoms with Gasteiger partial charge in [-0.05, 0) is 250 Å². The third-order valence-corrected chi connectivity index (χ3v) is 21.6. The second kappa shape index (κ2) is 22.9. The van der Waals surface area contributed by atoms with E-state index in [9.17, 15) is 0 Å². The number of benzene rings is 11. The highest BCUT2D eigenvalue weighted by Gasteiger charge is 2.34. The van der Waals surface area contributed by atoms with Crippen molar-refractivity contribution in [2.24, 2.45) is 0 Å². The van der Waals surface area contributed by atoms with Gasteiger partial charge in [0.1, 0.15) is 0 Å². The molecule has 0 aromatic heterocycles. The monoisotopic (exact) mass is 1120 g/mol. The summed E-state index contributed by atoms with van der Waals surface area (Å²) in [5.41, 5.74) is 30.4. The average molecular weight is 1120 g/mol. The SMILES string of the molecule is Cc1cccc(C)c1-c1cccc(-c2c(C)cccc2C)c1Cc1cc(C(C)(C)C)cc(Cc2c(-c3c(C)cccc3C)cccc2-c2c(C)cccc2C)c1[Si](c1ccc(C(C)(C)C)c2ccccc12)c1ccc(C(C)(C)C)c2ccccc12. The van der Waals surface area contributed by atoms with Crippen LogP contribution in [0.1, 0.15) is 146 Å². The predicted octanol–water partition coefficient (Wildman–Crippen LogP) is 20.7. The van der Waals surface area contributed by atoms with E-state index in [-0.39, 0.29) is 16.2 Å². The van der Waals surface area contributed by atoms with Crippen LogP contribution in [0.25, 0.3) is 66.1 Å². The Kier molecular flexibility index (Phi) is 15.8. The number of fused-ring (bicyclic) bond motifs is 2. The van der Waals surface area contributed by atoms with Crippen LogP contribution in [0.4, 0.5) is 0 Å². The van der Waals surface area contributed by atoms with E-state index in [1.807, 2.05) is 0 Å². The van der Waals surface area contributed by atoms with Gasteiger partial charge in [0.05, 0.1) is 0 Å². The summed E-state index contributed by atoms with van der Waals surface area (Å²) >= 11 is 0. The van der Waals surface area contributed by atoms with E-state index in [1.54, 1.807) is 0 Å². The van der Waals surface area contributed by atoms with Crippen LogP contribution in [0.2, 0.25) is 0 Å². The molecule has 0 N–H and O–H groups in total. The van der Waals surface area contributed by atoms with Gasteiger partial charge >= 0.3 is 0 Å². The molecule has 0 amide bonds. The molecule has 0 saturated carbocycles. The molecule has 0 nitrogen and oxygen atoms in total. The van der Waals surface area contributed by atoms with Crippen LogP contribution in [-0.2, 0) is 29.1 Å². The number of hydrogen-bond acceptors (Lipinski definition) is 0. The zero-order valence-corrected chi connectivity index (χ0v) is 54.9. The Bertz CT molecular complexity index is 3890. The van der Waals surface area contributed by atoms with Gasteiger partial charge in [-0.2, -0.15) is 0 Å². The van der Waals surface area contributed by atoms with Gasteiger partial charge in [0.15, 0.2) is 8.80 Å². The lowest BCUT2D eigenvalue weighted by Crippen LogP contribution is -2.55. The van der Waals surface area contributed by atoms with Gasteiger partial charge in [-0.15, -0.1) is 0 Å². The maximum atomic E-state index is 2.68. The molecule has 0 fully saturated rings. The highest BCUT2D eigenvalue weighted by molar-refractivity contribution is 6.98. The van der Waals surface area contributed by atoms with Gasteiger partial charge in [0.25, 0.3) is 0 Å². The molecular formula is C84H87Si. The highest BCUT2D eigenvalue weighted by atomic mass is 28.3. The van der Waals surface area contributed by atoms with Crippen LogP contribution in [-0.4, -0.2) is 8.80 Å². The summed E-state index contributed by atoms with van der Waals surface area (Å²) in [5, 5.41) is 9.75. The molecule has 427 valence electrons. The fraction of sp³-hybridized carbons (Fsp3) is 0.262. The van der Waals surface area contributed by atoms with E-state index in [0.29, 0.717) is 0 Å². The highest BCUT2D eigenvalue weighted by Crippen LogP contribution is 2.43. The van der Waals surface area contributed by atoms with E-state index in [0.717, 1.165) is 12.8 Å². The van der Waals surface area contributed by atoms with Crippen molar-refractivity contribution in [3.05, 3.63) is 278 Å². The molecule has 0 aliphatic carbocycles. The van der Waals surface area contributed by atoms with Crippen molar-refractivity contribution in [2.45, 2.75) is 147 Å². The van der Waals surface area contributed by atoms with Crippen LogP contribution in [0, 0.1) is 55.4 Å². The molecule has 1 heteroatoms. The molecule has 0 atom stereocenters. The number of aryl methyl sites for hydroxylation is 8. The molecule has 85 heavy (non-hydrogen) atoms. The van der Waals surface area contributed by atoms with Crippen LogP contribution in [0.5, 0.6) is 0 Å². The predicted molar refractivity (Wildman–Crippen MR) is 373 cm³/mol. The minimum Gasteiger partial charge on any atom is -0.0617 e. The maximum absolute atomic E-state index is 2.68. The normalized spacial score (nSPS) is 12.3. The second-order valence-electron chi connectivity index (χ2n) is 27.8. The Labute approximate surface area is 511 Å². The third-order valence-electron chi connectivity index (χ3n) is 18.5. The fourth-order valence-electron chi connectivity index (χ4n) is 14.4. The van der Waals surface area contributed by atoms with Crippen molar-refractivity contribution in [1.29, 1.82) is 0 Å². The quantitative estimate of drug-likeness (QED) is 0.0894. The molecule has 0 unspecified atom stereocenters. The molecule has 0 saturated heterocycles. The lowest BCUT2D eigenvalue weighted by atomic mass is 9.79. The van der Waals surface area contributed by atoms with E-state index in [4.69, 9.17) is 0 Å². The van der Waals surface area contributed by atoms with Crippen LogP contribution in [0.15, 0.2) is 194 Å². The molecule has 11 rings (SSSR count). The molecule has 0 bridgehead atoms. The summed E-state index contributed by atoms with van der Waals surface area (Å²) in [5.74, 6) is 0. The van der Waals surface area contributed by atoms with Gasteiger partial charge in [0.2, 0.25) is 0 Å². The number of rotatable bonds is 11. The van der Waals surface area contributed by atoms with Gasteiger partial charge in [-0.3, -0.25) is 0 Å². The Morgan fingerprint density at radius 1 is 0.282 bits per heavy atom. The van der Waals surface area contributed by atoms with Gasteiger partial charge in [-0.1, -0.05) is 256 Å². The first-order valence-electron chi connectivity index (χ1n) is 31.0. The molecule has 11 aromatic carbocycles. The first-order chi connectivity index (χ1) is 40.4. The lowest BCUT2D eigenvalue weighted by Gasteiger charge is -2.32. The Hall–Kier alpha value is -7.84. The van der Waals surface area contributed by atoms with Crippen LogP contribution >= 0.6 is 0 Å². The molecule has 0 aliphatic heterocycles. The minimum absolute atomic E-state index is 0.0697. The van der Waals surface area contributed by atoms with Crippen molar-refractivity contribution < 1.29 is 0 Å². The van der Waals surface area contributed by atoms with Crippen LogP contribution in [0.3, 0.4) is 0 Å². The summed E-state index contributed by atoms with van der Waals surface area (Å²) < 4.78 is 0. The summed E-state index contributed by atoms with van der Waals surface area (Å²) in [6.07, 6.45) is 1.48. The first kappa shape index (κ1) is 58.9. The molecule has 0 spiro atoms. The van der Waals surface area contributed by atoms with Gasteiger partial charge in [-0.25, -0.2) is 0 Å². The van der Waals surface area contributed by atoms with Gasteiger partial charge < -0.3 is 0 Å². The molecular weight excluding hydrogens is 1040 g/mol. The van der Waals surface area contributed by atoms with Crippen molar-refractivity contribution >= 4 is 45.9 Å². The van der Waals surface area contributed by atoms with E-state index < -0.39 is 8.80 Å². The standard InChI is InChI=1S/C84H87Si/c1-52-28-22-29-53(2)77(52)67-40-26-41-68(78-54(3)30-23-31-55(78)4)71(67)50-60-48-62(82(9,10)11)49-61(51-72-69(79-56(5)32-24-33-57(79)6)42-27-43-70(72)80-58(7)34-25-35-59(80)8)81(60)85(75-46-44-73(83(12,13)14)63-36-18-20-38-65(63)75)76-47-45-74(84(15,16)17)64-37-19-21-39-66(64)76/h18-49H,50-51H2,1-17H3. The van der Waals surface area contributed by atoms with Crippen molar-refractivity contribution in [3.8, 4) is 44.5 Å². The average Bonchev–Trinajstić information content (AvgIpc) is 2.83. The summed E-state index contributed by atoms with van der Waals surface area (Å²) in [7, 11) is -1.98. The van der Waals surface area contributed by atoms with Crippen molar-refractivity contribution in [2.75, 3.05) is 0 Å². The maximum Gasteiger partial charge on any atom is 0.156 e.